The normalized spacial score (nSPS) is 10.9. The Balaban J connectivity index is 1.68. The van der Waals surface area contributed by atoms with Gasteiger partial charge in [-0.2, -0.15) is 5.10 Å². The number of thioether (sulfide) groups is 1. The second kappa shape index (κ2) is 8.55. The molecule has 2 heterocycles. The smallest absolute Gasteiger partial charge is 0.222 e. The van der Waals surface area contributed by atoms with Crippen molar-refractivity contribution in [3.8, 4) is 16.9 Å². The van der Waals surface area contributed by atoms with E-state index in [1.54, 1.807) is 17.8 Å². The summed E-state index contributed by atoms with van der Waals surface area (Å²) in [5, 5.41) is 14.4. The number of aromatic nitrogens is 5. The number of anilines is 1. The molecule has 29 heavy (non-hydrogen) atoms. The van der Waals surface area contributed by atoms with Crippen LogP contribution >= 0.6 is 23.4 Å². The molecule has 0 aliphatic heterocycles. The molecule has 8 heteroatoms. The molecule has 0 fully saturated rings. The Morgan fingerprint density at radius 1 is 1.07 bits per heavy atom. The average molecular weight is 423 g/mol. The van der Waals surface area contributed by atoms with Crippen LogP contribution in [0.1, 0.15) is 5.56 Å². The van der Waals surface area contributed by atoms with Crippen molar-refractivity contribution in [1.29, 1.82) is 0 Å². The van der Waals surface area contributed by atoms with Gasteiger partial charge in [-0.3, -0.25) is 4.57 Å². The lowest BCUT2D eigenvalue weighted by Gasteiger charge is -2.05. The Morgan fingerprint density at radius 2 is 1.83 bits per heavy atom. The Hall–Kier alpha value is -3.03. The highest BCUT2D eigenvalue weighted by molar-refractivity contribution is 7.98. The van der Waals surface area contributed by atoms with E-state index >= 15 is 0 Å². The maximum absolute atomic E-state index is 6.06. The molecule has 2 N–H and O–H groups in total. The highest BCUT2D eigenvalue weighted by Gasteiger charge is 2.15. The van der Waals surface area contributed by atoms with Crippen molar-refractivity contribution < 1.29 is 0 Å². The van der Waals surface area contributed by atoms with Gasteiger partial charge in [0.1, 0.15) is 0 Å². The van der Waals surface area contributed by atoms with Crippen LogP contribution in [0.15, 0.2) is 78.6 Å². The largest absolute Gasteiger partial charge is 0.368 e. The Labute approximate surface area is 178 Å². The van der Waals surface area contributed by atoms with Gasteiger partial charge in [0.2, 0.25) is 5.95 Å². The summed E-state index contributed by atoms with van der Waals surface area (Å²) in [5.41, 5.74) is 9.90. The number of halogens is 1. The first kappa shape index (κ1) is 19.3. The number of nitrogen functional groups attached to an aromatic ring is 1. The number of hydrogen-bond donors (Lipinski definition) is 1. The van der Waals surface area contributed by atoms with Crippen molar-refractivity contribution in [3.63, 3.8) is 0 Å². The van der Waals surface area contributed by atoms with Crippen molar-refractivity contribution in [2.45, 2.75) is 17.5 Å². The van der Waals surface area contributed by atoms with Crippen LogP contribution in [0.4, 0.5) is 5.95 Å². The number of nitrogens with two attached hydrogens (primary N) is 1. The number of nitrogens with zero attached hydrogens (tertiary/aromatic N) is 5. The standard InChI is InChI=1S/C21H19ClN6S/c1-2-12-27-20(23)24-25-21(27)29-14-16-13-28(18-6-4-3-5-7-18)26-19(16)15-8-10-17(22)11-9-15/h2-11,13H,1,12,14H2,(H2,23,24). The van der Waals surface area contributed by atoms with E-state index in [2.05, 4.69) is 16.8 Å². The van der Waals surface area contributed by atoms with Crippen molar-refractivity contribution in [2.75, 3.05) is 5.73 Å². The Morgan fingerprint density at radius 3 is 2.55 bits per heavy atom. The number of para-hydroxylation sites is 1. The molecule has 0 atom stereocenters. The van der Waals surface area contributed by atoms with Gasteiger partial charge in [0.15, 0.2) is 5.16 Å². The second-order valence-electron chi connectivity index (χ2n) is 6.32. The van der Waals surface area contributed by atoms with Crippen molar-refractivity contribution >= 4 is 29.3 Å². The molecule has 2 aromatic carbocycles. The van der Waals surface area contributed by atoms with Crippen LogP contribution in [-0.2, 0) is 12.3 Å². The summed E-state index contributed by atoms with van der Waals surface area (Å²) >= 11 is 7.63. The van der Waals surface area contributed by atoms with Gasteiger partial charge in [-0.1, -0.05) is 59.8 Å². The summed E-state index contributed by atoms with van der Waals surface area (Å²) in [7, 11) is 0. The zero-order valence-corrected chi connectivity index (χ0v) is 17.1. The number of rotatable bonds is 7. The van der Waals surface area contributed by atoms with E-state index in [9.17, 15) is 0 Å². The molecule has 2 aromatic heterocycles. The van der Waals surface area contributed by atoms with Crippen molar-refractivity contribution in [2.24, 2.45) is 0 Å². The Bertz CT molecular complexity index is 1120. The van der Waals surface area contributed by atoms with Crippen LogP contribution in [0.5, 0.6) is 0 Å². The van der Waals surface area contributed by atoms with Crippen LogP contribution in [0.2, 0.25) is 5.02 Å². The maximum atomic E-state index is 6.06. The first-order valence-electron chi connectivity index (χ1n) is 8.98. The first-order valence-corrected chi connectivity index (χ1v) is 10.3. The molecule has 0 unspecified atom stereocenters. The lowest BCUT2D eigenvalue weighted by molar-refractivity contribution is 0.733. The van der Waals surface area contributed by atoms with E-state index in [0.717, 1.165) is 27.7 Å². The van der Waals surface area contributed by atoms with Crippen LogP contribution in [0, 0.1) is 0 Å². The lowest BCUT2D eigenvalue weighted by atomic mass is 10.1. The zero-order chi connectivity index (χ0) is 20.2. The predicted octanol–water partition coefficient (Wildman–Crippen LogP) is 4.84. The van der Waals surface area contributed by atoms with Crippen LogP contribution in [0.3, 0.4) is 0 Å². The van der Waals surface area contributed by atoms with Crippen LogP contribution < -0.4 is 5.73 Å². The molecule has 4 rings (SSSR count). The third-order valence-corrected chi connectivity index (χ3v) is 5.61. The van der Waals surface area contributed by atoms with Gasteiger partial charge < -0.3 is 5.73 Å². The minimum atomic E-state index is 0.380. The highest BCUT2D eigenvalue weighted by Crippen LogP contribution is 2.30. The summed E-state index contributed by atoms with van der Waals surface area (Å²) in [6.07, 6.45) is 3.82. The minimum Gasteiger partial charge on any atom is -0.368 e. The van der Waals surface area contributed by atoms with E-state index in [1.165, 1.54) is 0 Å². The van der Waals surface area contributed by atoms with E-state index in [1.807, 2.05) is 70.0 Å². The molecule has 6 nitrogen and oxygen atoms in total. The molecule has 0 spiro atoms. The van der Waals surface area contributed by atoms with Gasteiger partial charge in [-0.05, 0) is 24.3 Å². The summed E-state index contributed by atoms with van der Waals surface area (Å²) in [5.74, 6) is 1.05. The molecule has 0 amide bonds. The monoisotopic (exact) mass is 422 g/mol. The van der Waals surface area contributed by atoms with Crippen LogP contribution in [-0.4, -0.2) is 24.5 Å². The SMILES string of the molecule is C=CCn1c(N)nnc1SCc1cn(-c2ccccc2)nc1-c1ccc(Cl)cc1. The molecule has 0 radical (unpaired) electrons. The third kappa shape index (κ3) is 4.21. The highest BCUT2D eigenvalue weighted by atomic mass is 35.5. The van der Waals surface area contributed by atoms with Gasteiger partial charge in [0, 0.05) is 34.6 Å². The van der Waals surface area contributed by atoms with E-state index in [4.69, 9.17) is 22.4 Å². The molecule has 0 aliphatic rings. The predicted molar refractivity (Wildman–Crippen MR) is 118 cm³/mol. The van der Waals surface area contributed by atoms with E-state index < -0.39 is 0 Å². The first-order chi connectivity index (χ1) is 14.2. The number of allylic oxidation sites excluding steroid dienone is 1. The lowest BCUT2D eigenvalue weighted by Crippen LogP contribution is -2.03. The zero-order valence-electron chi connectivity index (χ0n) is 15.6. The van der Waals surface area contributed by atoms with Gasteiger partial charge in [0.25, 0.3) is 0 Å². The number of hydrogen-bond acceptors (Lipinski definition) is 5. The molecule has 0 aliphatic carbocycles. The Kier molecular flexibility index (Phi) is 5.69. The fourth-order valence-electron chi connectivity index (χ4n) is 2.93. The average Bonchev–Trinajstić information content (AvgIpc) is 3.32. The third-order valence-electron chi connectivity index (χ3n) is 4.34. The quantitative estimate of drug-likeness (QED) is 0.340. The van der Waals surface area contributed by atoms with Gasteiger partial charge in [-0.15, -0.1) is 16.8 Å². The molecule has 146 valence electrons. The molecule has 0 bridgehead atoms. The van der Waals surface area contributed by atoms with Gasteiger partial charge in [0.05, 0.1) is 11.4 Å². The summed E-state index contributed by atoms with van der Waals surface area (Å²) in [4.78, 5) is 0. The fraction of sp³-hybridized carbons (Fsp3) is 0.0952. The topological polar surface area (TPSA) is 74.6 Å². The summed E-state index contributed by atoms with van der Waals surface area (Å²) in [6, 6.07) is 17.7. The number of benzene rings is 2. The van der Waals surface area contributed by atoms with Crippen molar-refractivity contribution in [3.05, 3.63) is 84.0 Å². The minimum absolute atomic E-state index is 0.380. The fourth-order valence-corrected chi connectivity index (χ4v) is 3.97. The molecule has 0 saturated carbocycles. The second-order valence-corrected chi connectivity index (χ2v) is 7.70. The van der Waals surface area contributed by atoms with Crippen molar-refractivity contribution in [1.82, 2.24) is 24.5 Å². The maximum Gasteiger partial charge on any atom is 0.222 e. The molecule has 0 saturated heterocycles. The van der Waals surface area contributed by atoms with Gasteiger partial charge >= 0.3 is 0 Å². The summed E-state index contributed by atoms with van der Waals surface area (Å²) in [6.45, 7) is 4.33. The van der Waals surface area contributed by atoms with Crippen LogP contribution in [0.25, 0.3) is 16.9 Å². The molecule has 4 aromatic rings. The molecular formula is C21H19ClN6S. The van der Waals surface area contributed by atoms with E-state index in [-0.39, 0.29) is 0 Å². The van der Waals surface area contributed by atoms with Gasteiger partial charge in [-0.25, -0.2) is 4.68 Å². The molecular weight excluding hydrogens is 404 g/mol. The summed E-state index contributed by atoms with van der Waals surface area (Å²) < 4.78 is 3.73. The van der Waals surface area contributed by atoms with E-state index in [0.29, 0.717) is 23.3 Å².